The Labute approximate surface area is 119 Å². The van der Waals surface area contributed by atoms with Crippen LogP contribution in [0.5, 0.6) is 0 Å². The Morgan fingerprint density at radius 3 is 2.67 bits per heavy atom. The fourth-order valence-corrected chi connectivity index (χ4v) is 2.17. The van der Waals surface area contributed by atoms with Crippen molar-refractivity contribution in [1.82, 2.24) is 4.98 Å². The molecule has 0 saturated carbocycles. The van der Waals surface area contributed by atoms with Crippen molar-refractivity contribution in [3.63, 3.8) is 0 Å². The fraction of sp³-hybridized carbons (Fsp3) is 0.357. The molecular weight excluding hydrogens is 267 g/mol. The summed E-state index contributed by atoms with van der Waals surface area (Å²) in [5.41, 5.74) is 8.08. The zero-order valence-electron chi connectivity index (χ0n) is 10.6. The molecule has 18 heavy (non-hydrogen) atoms. The van der Waals surface area contributed by atoms with E-state index in [1.165, 1.54) is 0 Å². The second kappa shape index (κ2) is 6.37. The van der Waals surface area contributed by atoms with Crippen LogP contribution in [0.15, 0.2) is 30.3 Å². The van der Waals surface area contributed by atoms with E-state index in [1.807, 2.05) is 24.3 Å². The molecule has 2 atom stereocenters. The van der Waals surface area contributed by atoms with Gasteiger partial charge in [-0.15, -0.1) is 12.4 Å². The smallest absolute Gasteiger partial charge is 0.134 e. The van der Waals surface area contributed by atoms with E-state index in [-0.39, 0.29) is 18.4 Å². The van der Waals surface area contributed by atoms with Crippen LogP contribution < -0.4 is 5.73 Å². The van der Waals surface area contributed by atoms with Crippen LogP contribution in [0, 0.1) is 5.92 Å². The normalized spacial score (nSPS) is 14.0. The summed E-state index contributed by atoms with van der Waals surface area (Å²) in [6.07, 6.45) is 1.03. The largest absolute Gasteiger partial charge is 0.324 e. The van der Waals surface area contributed by atoms with Gasteiger partial charge in [-0.1, -0.05) is 50.1 Å². The third kappa shape index (κ3) is 2.94. The van der Waals surface area contributed by atoms with Crippen LogP contribution in [0.2, 0.25) is 5.15 Å². The Bertz CT molecular complexity index is 528. The molecule has 1 aromatic carbocycles. The minimum Gasteiger partial charge on any atom is -0.324 e. The molecule has 0 fully saturated rings. The van der Waals surface area contributed by atoms with E-state index >= 15 is 0 Å². The highest BCUT2D eigenvalue weighted by Crippen LogP contribution is 2.29. The molecule has 2 aromatic rings. The molecule has 0 aliphatic carbocycles. The van der Waals surface area contributed by atoms with Crippen LogP contribution in [0.4, 0.5) is 0 Å². The number of nitrogens with two attached hydrogens (primary N) is 1. The fourth-order valence-electron chi connectivity index (χ4n) is 1.90. The molecule has 0 amide bonds. The van der Waals surface area contributed by atoms with Crippen molar-refractivity contribution < 1.29 is 0 Å². The Morgan fingerprint density at radius 2 is 2.00 bits per heavy atom. The van der Waals surface area contributed by atoms with Crippen LogP contribution in [0.3, 0.4) is 0 Å². The molecule has 2 N–H and O–H groups in total. The monoisotopic (exact) mass is 284 g/mol. The molecule has 1 aromatic heterocycles. The van der Waals surface area contributed by atoms with E-state index < -0.39 is 0 Å². The minimum absolute atomic E-state index is 0. The summed E-state index contributed by atoms with van der Waals surface area (Å²) in [5.74, 6) is 0.399. The predicted molar refractivity (Wildman–Crippen MR) is 80.4 cm³/mol. The molecule has 0 bridgehead atoms. The molecule has 0 spiro atoms. The number of para-hydroxylation sites is 1. The average molecular weight is 285 g/mol. The van der Waals surface area contributed by atoms with Crippen molar-refractivity contribution in [1.29, 1.82) is 0 Å². The summed E-state index contributed by atoms with van der Waals surface area (Å²) < 4.78 is 0. The van der Waals surface area contributed by atoms with Gasteiger partial charge in [-0.05, 0) is 18.1 Å². The number of halogens is 2. The molecule has 0 saturated heterocycles. The number of fused-ring (bicyclic) bond motifs is 1. The molecule has 2 nitrogen and oxygen atoms in total. The minimum atomic E-state index is -0.0513. The highest BCUT2D eigenvalue weighted by molar-refractivity contribution is 6.30. The van der Waals surface area contributed by atoms with Crippen LogP contribution in [0.25, 0.3) is 10.9 Å². The number of nitrogens with zero attached hydrogens (tertiary/aromatic N) is 1. The molecule has 0 aliphatic heterocycles. The van der Waals surface area contributed by atoms with Crippen molar-refractivity contribution in [2.24, 2.45) is 11.7 Å². The van der Waals surface area contributed by atoms with E-state index in [0.29, 0.717) is 11.1 Å². The van der Waals surface area contributed by atoms with Gasteiger partial charge in [0.15, 0.2) is 0 Å². The number of aromatic nitrogens is 1. The predicted octanol–water partition coefficient (Wildman–Crippen LogP) is 4.36. The van der Waals surface area contributed by atoms with Gasteiger partial charge in [-0.25, -0.2) is 4.98 Å². The summed E-state index contributed by atoms with van der Waals surface area (Å²) in [7, 11) is 0. The van der Waals surface area contributed by atoms with Gasteiger partial charge >= 0.3 is 0 Å². The molecule has 98 valence electrons. The van der Waals surface area contributed by atoms with Crippen molar-refractivity contribution >= 4 is 34.9 Å². The SMILES string of the molecule is CCC(C)[C@@H](N)c1cc2ccccc2nc1Cl.Cl. The van der Waals surface area contributed by atoms with Gasteiger partial charge in [-0.2, -0.15) is 0 Å². The first-order valence-corrected chi connectivity index (χ1v) is 6.32. The quantitative estimate of drug-likeness (QED) is 0.851. The van der Waals surface area contributed by atoms with Crippen LogP contribution in [-0.2, 0) is 0 Å². The van der Waals surface area contributed by atoms with Crippen LogP contribution in [0.1, 0.15) is 31.9 Å². The first kappa shape index (κ1) is 15.2. The molecule has 4 heteroatoms. The first-order valence-electron chi connectivity index (χ1n) is 5.94. The Kier molecular flexibility index (Phi) is 5.39. The Hall–Kier alpha value is -0.830. The Morgan fingerprint density at radius 1 is 1.33 bits per heavy atom. The maximum atomic E-state index is 6.22. The molecule has 0 radical (unpaired) electrons. The van der Waals surface area contributed by atoms with Crippen LogP contribution >= 0.6 is 24.0 Å². The lowest BCUT2D eigenvalue weighted by atomic mass is 9.93. The third-order valence-electron chi connectivity index (χ3n) is 3.32. The number of rotatable bonds is 3. The number of benzene rings is 1. The molecule has 1 heterocycles. The lowest BCUT2D eigenvalue weighted by molar-refractivity contribution is 0.456. The summed E-state index contributed by atoms with van der Waals surface area (Å²) >= 11 is 6.21. The second-order valence-corrected chi connectivity index (χ2v) is 4.83. The van der Waals surface area contributed by atoms with Gasteiger partial charge in [0.1, 0.15) is 5.15 Å². The summed E-state index contributed by atoms with van der Waals surface area (Å²) in [4.78, 5) is 4.40. The van der Waals surface area contributed by atoms with Gasteiger partial charge in [0.2, 0.25) is 0 Å². The molecule has 0 aliphatic rings. The van der Waals surface area contributed by atoms with Crippen molar-refractivity contribution in [3.05, 3.63) is 41.0 Å². The third-order valence-corrected chi connectivity index (χ3v) is 3.62. The number of hydrogen-bond donors (Lipinski definition) is 1. The highest BCUT2D eigenvalue weighted by atomic mass is 35.5. The van der Waals surface area contributed by atoms with Gasteiger partial charge in [0.05, 0.1) is 5.52 Å². The average Bonchev–Trinajstić information content (AvgIpc) is 2.36. The van der Waals surface area contributed by atoms with E-state index in [4.69, 9.17) is 17.3 Å². The standard InChI is InChI=1S/C14H17ClN2.ClH/c1-3-9(2)13(16)11-8-10-6-4-5-7-12(10)17-14(11)15;/h4-9,13H,3,16H2,1-2H3;1H/t9?,13-;/m1./s1. The number of pyridine rings is 1. The van der Waals surface area contributed by atoms with Gasteiger partial charge in [-0.3, -0.25) is 0 Å². The van der Waals surface area contributed by atoms with E-state index in [2.05, 4.69) is 24.9 Å². The molecule has 1 unspecified atom stereocenters. The maximum absolute atomic E-state index is 6.22. The van der Waals surface area contributed by atoms with Gasteiger partial charge in [0, 0.05) is 17.0 Å². The van der Waals surface area contributed by atoms with Gasteiger partial charge in [0.25, 0.3) is 0 Å². The Balaban J connectivity index is 0.00000162. The molecule has 2 rings (SSSR count). The second-order valence-electron chi connectivity index (χ2n) is 4.47. The topological polar surface area (TPSA) is 38.9 Å². The summed E-state index contributed by atoms with van der Waals surface area (Å²) in [6, 6.07) is 9.95. The number of hydrogen-bond acceptors (Lipinski definition) is 2. The maximum Gasteiger partial charge on any atom is 0.134 e. The van der Waals surface area contributed by atoms with E-state index in [1.54, 1.807) is 0 Å². The van der Waals surface area contributed by atoms with Crippen molar-refractivity contribution in [2.75, 3.05) is 0 Å². The lowest BCUT2D eigenvalue weighted by Gasteiger charge is -2.19. The zero-order valence-corrected chi connectivity index (χ0v) is 12.1. The highest BCUT2D eigenvalue weighted by Gasteiger charge is 2.17. The lowest BCUT2D eigenvalue weighted by Crippen LogP contribution is -2.19. The first-order chi connectivity index (χ1) is 8.13. The van der Waals surface area contributed by atoms with E-state index in [9.17, 15) is 0 Å². The van der Waals surface area contributed by atoms with Crippen molar-refractivity contribution in [2.45, 2.75) is 26.3 Å². The summed E-state index contributed by atoms with van der Waals surface area (Å²) in [6.45, 7) is 4.27. The molecular formula is C14H18Cl2N2. The zero-order chi connectivity index (χ0) is 12.4. The van der Waals surface area contributed by atoms with Crippen LogP contribution in [-0.4, -0.2) is 4.98 Å². The summed E-state index contributed by atoms with van der Waals surface area (Å²) in [5, 5.41) is 1.61. The van der Waals surface area contributed by atoms with Gasteiger partial charge < -0.3 is 5.73 Å². The van der Waals surface area contributed by atoms with Crippen molar-refractivity contribution in [3.8, 4) is 0 Å². The van der Waals surface area contributed by atoms with E-state index in [0.717, 1.165) is 22.9 Å².